The van der Waals surface area contributed by atoms with E-state index < -0.39 is 10.0 Å². The molecule has 1 aliphatic heterocycles. The van der Waals surface area contributed by atoms with Gasteiger partial charge in [0.1, 0.15) is 4.90 Å². The Morgan fingerprint density at radius 3 is 2.75 bits per heavy atom. The number of aryl methyl sites for hydroxylation is 1. The molecule has 1 atom stereocenters. The van der Waals surface area contributed by atoms with Gasteiger partial charge in [0.15, 0.2) is 5.13 Å². The van der Waals surface area contributed by atoms with Crippen LogP contribution >= 0.6 is 22.9 Å². The Kier molecular flexibility index (Phi) is 7.51. The van der Waals surface area contributed by atoms with Crippen molar-refractivity contribution in [3.63, 3.8) is 0 Å². The van der Waals surface area contributed by atoms with Crippen LogP contribution in [0, 0.1) is 12.8 Å². The number of rotatable bonds is 7. The molecule has 1 saturated carbocycles. The maximum atomic E-state index is 13.0. The molecule has 1 amide bonds. The quantitative estimate of drug-likeness (QED) is 0.530. The van der Waals surface area contributed by atoms with E-state index in [2.05, 4.69) is 20.3 Å². The van der Waals surface area contributed by atoms with Crippen LogP contribution in [-0.4, -0.2) is 38.4 Å². The largest absolute Gasteiger partial charge is 0.315 e. The van der Waals surface area contributed by atoms with E-state index in [-0.39, 0.29) is 21.9 Å². The van der Waals surface area contributed by atoms with Crippen LogP contribution < -0.4 is 15.4 Å². The van der Waals surface area contributed by atoms with Gasteiger partial charge in [-0.25, -0.2) is 18.1 Å². The van der Waals surface area contributed by atoms with Gasteiger partial charge in [-0.05, 0) is 62.8 Å². The number of sulfonamides is 1. The minimum Gasteiger partial charge on any atom is -0.315 e. The molecule has 174 valence electrons. The molecule has 0 spiro atoms. The summed E-state index contributed by atoms with van der Waals surface area (Å²) >= 11 is 7.63. The lowest BCUT2D eigenvalue weighted by molar-refractivity contribution is -0.117. The van der Waals surface area contributed by atoms with Crippen LogP contribution in [0.25, 0.3) is 10.4 Å². The van der Waals surface area contributed by atoms with Crippen LogP contribution in [0.2, 0.25) is 5.02 Å². The molecule has 0 radical (unpaired) electrons. The zero-order valence-electron chi connectivity index (χ0n) is 18.1. The predicted molar refractivity (Wildman–Crippen MR) is 129 cm³/mol. The predicted octanol–water partition coefficient (Wildman–Crippen LogP) is 4.32. The number of benzene rings is 1. The number of nitrogens with one attached hydrogen (secondary N) is 3. The number of anilines is 1. The summed E-state index contributed by atoms with van der Waals surface area (Å²) in [5.74, 6) is 0.452. The monoisotopic (exact) mass is 496 g/mol. The number of amides is 1. The number of hydrogen-bond acceptors (Lipinski definition) is 6. The number of piperidine rings is 1. The fourth-order valence-corrected chi connectivity index (χ4v) is 7.23. The van der Waals surface area contributed by atoms with Gasteiger partial charge >= 0.3 is 0 Å². The molecule has 2 aromatic rings. The van der Waals surface area contributed by atoms with Crippen molar-refractivity contribution in [2.45, 2.75) is 62.8 Å². The third kappa shape index (κ3) is 5.69. The van der Waals surface area contributed by atoms with E-state index in [1.54, 1.807) is 18.2 Å². The molecule has 1 aromatic carbocycles. The second-order valence-corrected chi connectivity index (χ2v) is 11.7. The normalized spacial score (nSPS) is 19.9. The van der Waals surface area contributed by atoms with Crippen molar-refractivity contribution in [2.24, 2.45) is 5.92 Å². The van der Waals surface area contributed by atoms with Crippen molar-refractivity contribution in [2.75, 3.05) is 18.4 Å². The van der Waals surface area contributed by atoms with E-state index in [0.29, 0.717) is 29.6 Å². The molecule has 2 aliphatic rings. The van der Waals surface area contributed by atoms with Gasteiger partial charge in [0.25, 0.3) is 0 Å². The maximum Gasteiger partial charge on any atom is 0.242 e. The highest BCUT2D eigenvalue weighted by Gasteiger charge is 2.25. The summed E-state index contributed by atoms with van der Waals surface area (Å²) in [5.41, 5.74) is 1.45. The Morgan fingerprint density at radius 2 is 2.03 bits per heavy atom. The first-order valence-corrected chi connectivity index (χ1v) is 13.8. The molecule has 32 heavy (non-hydrogen) atoms. The summed E-state index contributed by atoms with van der Waals surface area (Å²) in [5, 5.41) is 6.83. The molecule has 1 aromatic heterocycles. The van der Waals surface area contributed by atoms with Crippen molar-refractivity contribution < 1.29 is 13.2 Å². The van der Waals surface area contributed by atoms with E-state index in [1.807, 2.05) is 6.92 Å². The summed E-state index contributed by atoms with van der Waals surface area (Å²) < 4.78 is 28.8. The van der Waals surface area contributed by atoms with Crippen molar-refractivity contribution in [3.05, 3.63) is 28.9 Å². The third-order valence-corrected chi connectivity index (χ3v) is 9.22. The number of carbonyl (C=O) groups excluding carboxylic acids is 1. The van der Waals surface area contributed by atoms with Crippen LogP contribution in [-0.2, 0) is 14.8 Å². The Balaban J connectivity index is 1.52. The van der Waals surface area contributed by atoms with Gasteiger partial charge in [0.2, 0.25) is 15.9 Å². The van der Waals surface area contributed by atoms with Crippen LogP contribution in [0.4, 0.5) is 5.13 Å². The SMILES string of the molecule is Cc1nc(NC(=O)CC2CCCC2)sc1-c1ccc(Cl)c(S(=O)(=O)NC2CCCNC2)c1. The number of thiazole rings is 1. The lowest BCUT2D eigenvalue weighted by Crippen LogP contribution is -2.45. The molecule has 0 bridgehead atoms. The minimum atomic E-state index is -3.77. The number of hydrogen-bond donors (Lipinski definition) is 3. The van der Waals surface area contributed by atoms with E-state index in [1.165, 1.54) is 24.2 Å². The van der Waals surface area contributed by atoms with Gasteiger partial charge in [-0.15, -0.1) is 0 Å². The van der Waals surface area contributed by atoms with Crippen molar-refractivity contribution >= 4 is 44.0 Å². The summed E-state index contributed by atoms with van der Waals surface area (Å²) in [6, 6.07) is 4.82. The molecular formula is C22H29ClN4O3S2. The van der Waals surface area contributed by atoms with Gasteiger partial charge in [-0.2, -0.15) is 0 Å². The summed E-state index contributed by atoms with van der Waals surface area (Å²) in [6.07, 6.45) is 6.88. The minimum absolute atomic E-state index is 0.0122. The topological polar surface area (TPSA) is 100 Å². The smallest absolute Gasteiger partial charge is 0.242 e. The average Bonchev–Trinajstić information content (AvgIpc) is 3.38. The summed E-state index contributed by atoms with van der Waals surface area (Å²) in [7, 11) is -3.77. The third-order valence-electron chi connectivity index (χ3n) is 6.09. The van der Waals surface area contributed by atoms with Gasteiger partial charge in [0.05, 0.1) is 15.6 Å². The van der Waals surface area contributed by atoms with Gasteiger partial charge in [0, 0.05) is 19.0 Å². The van der Waals surface area contributed by atoms with Crippen molar-refractivity contribution in [3.8, 4) is 10.4 Å². The first kappa shape index (κ1) is 23.6. The number of aromatic nitrogens is 1. The molecular weight excluding hydrogens is 468 g/mol. The molecule has 2 fully saturated rings. The Hall–Kier alpha value is -1.52. The van der Waals surface area contributed by atoms with Crippen LogP contribution in [0.5, 0.6) is 0 Å². The molecule has 2 heterocycles. The highest BCUT2D eigenvalue weighted by molar-refractivity contribution is 7.89. The standard InChI is InChI=1S/C22H29ClN4O3S2/c1-14-21(31-22(25-14)26-20(28)11-15-5-2-3-6-15)16-8-9-18(23)19(12-16)32(29,30)27-17-7-4-10-24-13-17/h8-9,12,15,17,24,27H,2-7,10-11,13H2,1H3,(H,25,26,28). The Morgan fingerprint density at radius 1 is 1.25 bits per heavy atom. The lowest BCUT2D eigenvalue weighted by Gasteiger charge is -2.24. The van der Waals surface area contributed by atoms with E-state index in [9.17, 15) is 13.2 Å². The fourth-order valence-electron chi connectivity index (χ4n) is 4.45. The molecule has 4 rings (SSSR count). The maximum absolute atomic E-state index is 13.0. The summed E-state index contributed by atoms with van der Waals surface area (Å²) in [6.45, 7) is 3.36. The van der Waals surface area contributed by atoms with Crippen molar-refractivity contribution in [1.29, 1.82) is 0 Å². The fraction of sp³-hybridized carbons (Fsp3) is 0.545. The lowest BCUT2D eigenvalue weighted by atomic mass is 10.0. The number of carbonyl (C=O) groups is 1. The van der Waals surface area contributed by atoms with E-state index in [0.717, 1.165) is 42.8 Å². The zero-order chi connectivity index (χ0) is 22.7. The molecule has 1 aliphatic carbocycles. The number of nitrogens with zero attached hydrogens (tertiary/aromatic N) is 1. The van der Waals surface area contributed by atoms with Gasteiger partial charge in [-0.3, -0.25) is 4.79 Å². The molecule has 10 heteroatoms. The molecule has 3 N–H and O–H groups in total. The highest BCUT2D eigenvalue weighted by atomic mass is 35.5. The first-order chi connectivity index (χ1) is 15.3. The highest BCUT2D eigenvalue weighted by Crippen LogP contribution is 2.36. The van der Waals surface area contributed by atoms with E-state index >= 15 is 0 Å². The molecule has 1 unspecified atom stereocenters. The Bertz CT molecular complexity index is 1070. The van der Waals surface area contributed by atoms with Crippen LogP contribution in [0.3, 0.4) is 0 Å². The Labute approximate surface area is 198 Å². The zero-order valence-corrected chi connectivity index (χ0v) is 20.5. The van der Waals surface area contributed by atoms with Gasteiger partial charge < -0.3 is 10.6 Å². The van der Waals surface area contributed by atoms with Crippen LogP contribution in [0.15, 0.2) is 23.1 Å². The van der Waals surface area contributed by atoms with Gasteiger partial charge in [-0.1, -0.05) is 41.8 Å². The van der Waals surface area contributed by atoms with E-state index in [4.69, 9.17) is 11.6 Å². The number of halogens is 1. The molecule has 1 saturated heterocycles. The van der Waals surface area contributed by atoms with Crippen molar-refractivity contribution in [1.82, 2.24) is 15.0 Å². The van der Waals surface area contributed by atoms with Crippen LogP contribution in [0.1, 0.15) is 50.6 Å². The molecule has 7 nitrogen and oxygen atoms in total. The second-order valence-electron chi connectivity index (χ2n) is 8.65. The second kappa shape index (κ2) is 10.2. The summed E-state index contributed by atoms with van der Waals surface area (Å²) in [4.78, 5) is 17.8. The average molecular weight is 497 g/mol. The first-order valence-electron chi connectivity index (χ1n) is 11.1.